The van der Waals surface area contributed by atoms with Gasteiger partial charge in [0.05, 0.1) is 23.4 Å². The molecular formula is C29H30N2O5. The molecule has 2 heterocycles. The first-order valence-electron chi connectivity index (χ1n) is 12.8. The summed E-state index contributed by atoms with van der Waals surface area (Å²) in [6, 6.07) is 10.9. The predicted molar refractivity (Wildman–Crippen MR) is 133 cm³/mol. The molecule has 2 aromatic rings. The zero-order valence-corrected chi connectivity index (χ0v) is 20.8. The Bertz CT molecular complexity index is 1290. The summed E-state index contributed by atoms with van der Waals surface area (Å²) in [5.74, 6) is -0.612. The third kappa shape index (κ3) is 3.47. The zero-order valence-electron chi connectivity index (χ0n) is 20.8. The Kier molecular flexibility index (Phi) is 5.28. The van der Waals surface area contributed by atoms with Gasteiger partial charge in [0.15, 0.2) is 0 Å². The molecule has 5 atom stereocenters. The summed E-state index contributed by atoms with van der Waals surface area (Å²) >= 11 is 0. The van der Waals surface area contributed by atoms with Crippen molar-refractivity contribution in [3.8, 4) is 5.75 Å². The van der Waals surface area contributed by atoms with E-state index in [0.29, 0.717) is 28.8 Å². The van der Waals surface area contributed by atoms with E-state index in [-0.39, 0.29) is 42.5 Å². The second-order valence-corrected chi connectivity index (χ2v) is 11.0. The molecule has 7 heteroatoms. The van der Waals surface area contributed by atoms with Gasteiger partial charge in [-0.25, -0.2) is 4.90 Å². The fourth-order valence-corrected chi connectivity index (χ4v) is 6.90. The molecule has 2 aliphatic heterocycles. The summed E-state index contributed by atoms with van der Waals surface area (Å²) in [6.45, 7) is 6.02. The lowest BCUT2D eigenvalue weighted by Crippen LogP contribution is -2.33. The maximum Gasteiger partial charge on any atom is 0.316 e. The summed E-state index contributed by atoms with van der Waals surface area (Å²) in [4.78, 5) is 55.0. The first kappa shape index (κ1) is 23.0. The number of fused-ring (bicyclic) bond motifs is 5. The van der Waals surface area contributed by atoms with Gasteiger partial charge in [0, 0.05) is 18.7 Å². The van der Waals surface area contributed by atoms with Crippen molar-refractivity contribution in [2.75, 3.05) is 16.3 Å². The number of anilines is 2. The van der Waals surface area contributed by atoms with Gasteiger partial charge in [-0.2, -0.15) is 0 Å². The summed E-state index contributed by atoms with van der Waals surface area (Å²) in [5.41, 5.74) is 4.13. The highest BCUT2D eigenvalue weighted by Crippen LogP contribution is 2.56. The minimum absolute atomic E-state index is 0.0824. The highest BCUT2D eigenvalue weighted by molar-refractivity contribution is 6.23. The molecule has 2 aromatic carbocycles. The number of imide groups is 1. The minimum Gasteiger partial charge on any atom is -0.426 e. The normalized spacial score (nSPS) is 28.9. The monoisotopic (exact) mass is 486 g/mol. The maximum atomic E-state index is 13.2. The van der Waals surface area contributed by atoms with Gasteiger partial charge in [0.2, 0.25) is 17.7 Å². The van der Waals surface area contributed by atoms with Crippen LogP contribution in [0.1, 0.15) is 42.4 Å². The lowest BCUT2D eigenvalue weighted by Gasteiger charge is -2.20. The van der Waals surface area contributed by atoms with E-state index < -0.39 is 11.9 Å². The average Bonchev–Trinajstić information content (AvgIpc) is 3.60. The Balaban J connectivity index is 1.16. The van der Waals surface area contributed by atoms with Gasteiger partial charge < -0.3 is 9.64 Å². The number of amides is 3. The van der Waals surface area contributed by atoms with E-state index in [1.165, 1.54) is 4.90 Å². The van der Waals surface area contributed by atoms with Gasteiger partial charge >= 0.3 is 5.97 Å². The molecule has 7 nitrogen and oxygen atoms in total. The summed E-state index contributed by atoms with van der Waals surface area (Å²) < 4.78 is 5.65. The number of aryl methyl sites for hydroxylation is 3. The molecule has 2 saturated heterocycles. The smallest absolute Gasteiger partial charge is 0.316 e. The fraction of sp³-hybridized carbons (Fsp3) is 0.448. The van der Waals surface area contributed by atoms with Gasteiger partial charge in [0.1, 0.15) is 5.75 Å². The number of hydrogen-bond acceptors (Lipinski definition) is 5. The molecule has 0 N–H and O–H groups in total. The number of carbonyl (C=O) groups is 4. The second-order valence-electron chi connectivity index (χ2n) is 11.0. The number of ether oxygens (including phenoxy) is 1. The average molecular weight is 487 g/mol. The number of rotatable bonds is 4. The minimum atomic E-state index is -0.561. The molecule has 2 aliphatic carbocycles. The molecule has 0 aromatic heterocycles. The van der Waals surface area contributed by atoms with Crippen molar-refractivity contribution < 1.29 is 23.9 Å². The van der Waals surface area contributed by atoms with Crippen LogP contribution in [0.5, 0.6) is 5.75 Å². The van der Waals surface area contributed by atoms with Gasteiger partial charge in [-0.05, 0) is 92.8 Å². The van der Waals surface area contributed by atoms with E-state index >= 15 is 0 Å². The molecular weight excluding hydrogens is 456 g/mol. The van der Waals surface area contributed by atoms with E-state index in [1.54, 1.807) is 23.1 Å². The maximum absolute atomic E-state index is 13.2. The highest BCUT2D eigenvalue weighted by Gasteiger charge is 2.61. The number of benzene rings is 2. The van der Waals surface area contributed by atoms with Crippen LogP contribution in [0.25, 0.3) is 0 Å². The van der Waals surface area contributed by atoms with Crippen molar-refractivity contribution in [3.63, 3.8) is 0 Å². The van der Waals surface area contributed by atoms with Gasteiger partial charge in [-0.15, -0.1) is 0 Å². The van der Waals surface area contributed by atoms with Crippen molar-refractivity contribution >= 4 is 35.1 Å². The van der Waals surface area contributed by atoms with E-state index in [1.807, 2.05) is 39.0 Å². The van der Waals surface area contributed by atoms with Crippen LogP contribution < -0.4 is 14.5 Å². The van der Waals surface area contributed by atoms with Crippen LogP contribution in [-0.4, -0.2) is 30.2 Å². The Hall–Kier alpha value is -3.48. The second kappa shape index (κ2) is 8.29. The van der Waals surface area contributed by atoms with E-state index in [0.717, 1.165) is 36.1 Å². The van der Waals surface area contributed by atoms with Crippen molar-refractivity contribution in [1.29, 1.82) is 0 Å². The van der Waals surface area contributed by atoms with Crippen molar-refractivity contribution in [1.82, 2.24) is 0 Å². The molecule has 0 radical (unpaired) electrons. The Morgan fingerprint density at radius 3 is 2.22 bits per heavy atom. The van der Waals surface area contributed by atoms with Crippen LogP contribution in [0.2, 0.25) is 0 Å². The molecule has 0 spiro atoms. The van der Waals surface area contributed by atoms with Gasteiger partial charge in [-0.3, -0.25) is 19.2 Å². The number of nitrogens with zero attached hydrogens (tertiary/aromatic N) is 2. The number of hydrogen-bond donors (Lipinski definition) is 0. The van der Waals surface area contributed by atoms with Gasteiger partial charge in [-0.1, -0.05) is 12.1 Å². The molecule has 2 bridgehead atoms. The van der Waals surface area contributed by atoms with Crippen LogP contribution in [0.4, 0.5) is 11.4 Å². The molecule has 3 amide bonds. The van der Waals surface area contributed by atoms with Crippen LogP contribution >= 0.6 is 0 Å². The van der Waals surface area contributed by atoms with Crippen LogP contribution in [0.15, 0.2) is 36.4 Å². The Morgan fingerprint density at radius 2 is 1.56 bits per heavy atom. The van der Waals surface area contributed by atoms with E-state index in [2.05, 4.69) is 0 Å². The first-order chi connectivity index (χ1) is 17.2. The molecule has 186 valence electrons. The quantitative estimate of drug-likeness (QED) is 0.369. The molecule has 0 unspecified atom stereocenters. The molecule has 2 saturated carbocycles. The number of carbonyl (C=O) groups excluding carboxylic acids is 4. The topological polar surface area (TPSA) is 84.0 Å². The lowest BCUT2D eigenvalue weighted by molar-refractivity contribution is -0.139. The number of esters is 1. The largest absolute Gasteiger partial charge is 0.426 e. The Labute approximate surface area is 210 Å². The third-order valence-corrected chi connectivity index (χ3v) is 8.67. The van der Waals surface area contributed by atoms with Crippen LogP contribution in [-0.2, 0) is 19.2 Å². The van der Waals surface area contributed by atoms with Gasteiger partial charge in [0.25, 0.3) is 0 Å². The SMILES string of the molecule is Cc1ccc(C)c(N2C[C@H](C(=O)Oc3ccc(N4C(=O)[C@@H]5[C@H]6CC[C@@H](C6)[C@H]5C4=O)c(C)c3)CC2=O)c1. The predicted octanol–water partition coefficient (Wildman–Crippen LogP) is 4.11. The molecule has 6 rings (SSSR count). The van der Waals surface area contributed by atoms with Crippen LogP contribution in [0, 0.1) is 50.4 Å². The standard InChI is InChI=1S/C29H30N2O5/c1-15-4-5-16(2)23(10-15)30-14-20(13-24(30)32)29(35)36-21-8-9-22(17(3)11-21)31-27(33)25-18-6-7-19(12-18)26(25)28(31)34/h4-5,8-11,18-20,25-26H,6-7,12-14H2,1-3H3/t18-,19-,20+,25+,26+/m0/s1. The molecule has 4 fully saturated rings. The summed E-state index contributed by atoms with van der Waals surface area (Å²) in [5, 5.41) is 0. The highest BCUT2D eigenvalue weighted by atomic mass is 16.5. The summed E-state index contributed by atoms with van der Waals surface area (Å²) in [7, 11) is 0. The van der Waals surface area contributed by atoms with E-state index in [4.69, 9.17) is 4.74 Å². The van der Waals surface area contributed by atoms with Crippen molar-refractivity contribution in [2.24, 2.45) is 29.6 Å². The summed E-state index contributed by atoms with van der Waals surface area (Å²) in [6.07, 6.45) is 3.18. The third-order valence-electron chi connectivity index (χ3n) is 8.67. The van der Waals surface area contributed by atoms with Crippen molar-refractivity contribution in [2.45, 2.75) is 46.5 Å². The molecule has 36 heavy (non-hydrogen) atoms. The van der Waals surface area contributed by atoms with Crippen molar-refractivity contribution in [3.05, 3.63) is 53.1 Å². The lowest BCUT2D eigenvalue weighted by atomic mass is 9.81. The zero-order chi connectivity index (χ0) is 25.3. The fourth-order valence-electron chi connectivity index (χ4n) is 6.90. The van der Waals surface area contributed by atoms with Crippen LogP contribution in [0.3, 0.4) is 0 Å². The molecule has 4 aliphatic rings. The van der Waals surface area contributed by atoms with E-state index in [9.17, 15) is 19.2 Å². The Morgan fingerprint density at radius 1 is 0.861 bits per heavy atom. The first-order valence-corrected chi connectivity index (χ1v) is 12.8.